The van der Waals surface area contributed by atoms with Gasteiger partial charge in [0.05, 0.1) is 0 Å². The van der Waals surface area contributed by atoms with E-state index >= 15 is 0 Å². The van der Waals surface area contributed by atoms with Crippen LogP contribution in [0.2, 0.25) is 0 Å². The quantitative estimate of drug-likeness (QED) is 0.502. The van der Waals surface area contributed by atoms with Crippen LogP contribution in [0.1, 0.15) is 0 Å². The van der Waals surface area contributed by atoms with Crippen LogP contribution in [-0.2, 0) is 0 Å². The molecule has 3 aromatic carbocycles. The molecule has 0 saturated carbocycles. The highest BCUT2D eigenvalue weighted by atomic mass is 35.5. The Morgan fingerprint density at radius 3 is 0.826 bits per heavy atom. The standard InChI is InChI=1S/C18H15P.3ClH.P/c1-4-10-16(11-5-1)19(17-12-6-2-7-13-17)18-14-8-3-9-15-18;;;;/h1-15H;3*1H;. The van der Waals surface area contributed by atoms with Crippen molar-refractivity contribution in [3.63, 3.8) is 0 Å². The van der Waals surface area contributed by atoms with Crippen LogP contribution in [0.15, 0.2) is 91.0 Å². The molecule has 23 heavy (non-hydrogen) atoms. The van der Waals surface area contributed by atoms with Crippen LogP contribution >= 0.6 is 55.0 Å². The Morgan fingerprint density at radius 2 is 0.609 bits per heavy atom. The molecule has 3 aromatic rings. The van der Waals surface area contributed by atoms with Crippen LogP contribution in [0, 0.1) is 0 Å². The number of benzene rings is 3. The maximum Gasteiger partial charge on any atom is 0 e. The van der Waals surface area contributed by atoms with Gasteiger partial charge < -0.3 is 0 Å². The molecule has 0 aliphatic rings. The third-order valence-electron chi connectivity index (χ3n) is 3.04. The number of hydrogen-bond donors (Lipinski definition) is 0. The van der Waals surface area contributed by atoms with Crippen LogP contribution in [0.5, 0.6) is 0 Å². The molecule has 3 rings (SSSR count). The summed E-state index contributed by atoms with van der Waals surface area (Å²) in [5, 5.41) is 4.19. The van der Waals surface area contributed by atoms with E-state index in [9.17, 15) is 0 Å². The molecule has 5 heteroatoms. The first-order valence-corrected chi connectivity index (χ1v) is 7.74. The Morgan fingerprint density at radius 1 is 0.391 bits per heavy atom. The van der Waals surface area contributed by atoms with Crippen molar-refractivity contribution < 1.29 is 0 Å². The summed E-state index contributed by atoms with van der Waals surface area (Å²) in [6, 6.07) is 32.3. The van der Waals surface area contributed by atoms with Gasteiger partial charge in [-0.15, -0.1) is 37.2 Å². The van der Waals surface area contributed by atoms with Crippen LogP contribution in [0.25, 0.3) is 0 Å². The molecular formula is C18H18Cl3P2. The Kier molecular flexibility index (Phi) is 13.7. The summed E-state index contributed by atoms with van der Waals surface area (Å²) in [6.45, 7) is 0. The zero-order valence-electron chi connectivity index (χ0n) is 12.3. The molecule has 0 amide bonds. The van der Waals surface area contributed by atoms with E-state index in [2.05, 4.69) is 91.0 Å². The highest BCUT2D eigenvalue weighted by Gasteiger charge is 2.14. The van der Waals surface area contributed by atoms with Crippen molar-refractivity contribution in [2.24, 2.45) is 0 Å². The second-order valence-electron chi connectivity index (χ2n) is 4.34. The van der Waals surface area contributed by atoms with Gasteiger partial charge in [0, 0.05) is 9.90 Å². The van der Waals surface area contributed by atoms with Gasteiger partial charge in [-0.25, -0.2) is 0 Å². The van der Waals surface area contributed by atoms with Crippen molar-refractivity contribution in [2.75, 3.05) is 0 Å². The van der Waals surface area contributed by atoms with E-state index < -0.39 is 7.92 Å². The number of rotatable bonds is 3. The van der Waals surface area contributed by atoms with Gasteiger partial charge in [0.2, 0.25) is 0 Å². The summed E-state index contributed by atoms with van der Waals surface area (Å²) in [5.74, 6) is 0. The molecule has 0 atom stereocenters. The third kappa shape index (κ3) is 6.42. The zero-order valence-corrected chi connectivity index (χ0v) is 16.5. The van der Waals surface area contributed by atoms with Crippen LogP contribution in [-0.4, -0.2) is 0 Å². The normalized spacial score (nSPS) is 8.74. The average Bonchev–Trinajstić information content (AvgIpc) is 2.51. The molecular weight excluding hydrogens is 385 g/mol. The summed E-state index contributed by atoms with van der Waals surface area (Å²) in [7, 11) is -0.446. The van der Waals surface area contributed by atoms with Gasteiger partial charge in [-0.2, -0.15) is 0 Å². The highest BCUT2D eigenvalue weighted by molar-refractivity contribution is 7.79. The molecule has 0 N–H and O–H groups in total. The van der Waals surface area contributed by atoms with Gasteiger partial charge >= 0.3 is 0 Å². The van der Waals surface area contributed by atoms with E-state index in [1.807, 2.05) is 0 Å². The second-order valence-corrected chi connectivity index (χ2v) is 6.56. The topological polar surface area (TPSA) is 0 Å². The lowest BCUT2D eigenvalue weighted by Gasteiger charge is -2.18. The van der Waals surface area contributed by atoms with E-state index in [1.54, 1.807) is 0 Å². The van der Waals surface area contributed by atoms with Gasteiger partial charge in [-0.1, -0.05) is 91.0 Å². The molecule has 3 radical (unpaired) electrons. The fourth-order valence-corrected chi connectivity index (χ4v) is 4.48. The maximum atomic E-state index is 2.23. The Hall–Kier alpha value is -0.610. The fourth-order valence-electron chi connectivity index (χ4n) is 2.18. The summed E-state index contributed by atoms with van der Waals surface area (Å²) >= 11 is 0. The minimum Gasteiger partial charge on any atom is -0.147 e. The summed E-state index contributed by atoms with van der Waals surface area (Å²) in [6.07, 6.45) is 0. The molecule has 0 bridgehead atoms. The summed E-state index contributed by atoms with van der Waals surface area (Å²) in [4.78, 5) is 0. The SMILES string of the molecule is Cl.Cl.Cl.[P].c1ccc(P(c2ccccc2)c2ccccc2)cc1. The largest absolute Gasteiger partial charge is 0.147 e. The van der Waals surface area contributed by atoms with Gasteiger partial charge in [-0.05, 0) is 23.8 Å². The molecule has 0 aliphatic heterocycles. The monoisotopic (exact) mass is 401 g/mol. The Balaban J connectivity index is 0. The van der Waals surface area contributed by atoms with Crippen molar-refractivity contribution in [2.45, 2.75) is 0 Å². The van der Waals surface area contributed by atoms with Gasteiger partial charge in [0.15, 0.2) is 0 Å². The molecule has 0 unspecified atom stereocenters. The summed E-state index contributed by atoms with van der Waals surface area (Å²) in [5.41, 5.74) is 0. The first kappa shape index (κ1) is 24.6. The molecule has 0 aromatic heterocycles. The van der Waals surface area contributed by atoms with Crippen LogP contribution in [0.3, 0.4) is 0 Å². The smallest absolute Gasteiger partial charge is 0 e. The predicted octanol–water partition coefficient (Wildman–Crippen LogP) is 5.57. The molecule has 0 fully saturated rings. The minimum atomic E-state index is -0.446. The van der Waals surface area contributed by atoms with Gasteiger partial charge in [0.1, 0.15) is 0 Å². The molecule has 0 heterocycles. The molecule has 0 spiro atoms. The molecule has 0 aliphatic carbocycles. The van der Waals surface area contributed by atoms with Crippen molar-refractivity contribution in [3.8, 4) is 0 Å². The Bertz CT molecular complexity index is 540. The second kappa shape index (κ2) is 12.8. The van der Waals surface area contributed by atoms with Gasteiger partial charge in [-0.3, -0.25) is 0 Å². The van der Waals surface area contributed by atoms with Crippen molar-refractivity contribution in [1.29, 1.82) is 0 Å². The Labute approximate surface area is 161 Å². The fraction of sp³-hybridized carbons (Fsp3) is 0. The summed E-state index contributed by atoms with van der Waals surface area (Å²) < 4.78 is 0. The highest BCUT2D eigenvalue weighted by Crippen LogP contribution is 2.32. The van der Waals surface area contributed by atoms with E-state index in [4.69, 9.17) is 0 Å². The first-order chi connectivity index (χ1) is 9.45. The van der Waals surface area contributed by atoms with Crippen LogP contribution in [0.4, 0.5) is 0 Å². The lowest BCUT2D eigenvalue weighted by molar-refractivity contribution is 1.74. The van der Waals surface area contributed by atoms with Crippen molar-refractivity contribution >= 4 is 71.0 Å². The average molecular weight is 403 g/mol. The van der Waals surface area contributed by atoms with Crippen LogP contribution < -0.4 is 15.9 Å². The lowest BCUT2D eigenvalue weighted by atomic mass is 10.4. The molecule has 0 nitrogen and oxygen atoms in total. The van der Waals surface area contributed by atoms with E-state index in [0.29, 0.717) is 0 Å². The van der Waals surface area contributed by atoms with E-state index in [0.717, 1.165) is 0 Å². The minimum absolute atomic E-state index is 0. The predicted molar refractivity (Wildman–Crippen MR) is 114 cm³/mol. The maximum absolute atomic E-state index is 2.23. The third-order valence-corrected chi connectivity index (χ3v) is 5.49. The van der Waals surface area contributed by atoms with Crippen molar-refractivity contribution in [3.05, 3.63) is 91.0 Å². The molecule has 121 valence electrons. The molecule has 0 saturated heterocycles. The lowest BCUT2D eigenvalue weighted by Crippen LogP contribution is -2.20. The first-order valence-electron chi connectivity index (χ1n) is 6.40. The number of halogens is 3. The zero-order chi connectivity index (χ0) is 12.9. The van der Waals surface area contributed by atoms with Crippen molar-refractivity contribution in [1.82, 2.24) is 0 Å². The number of hydrogen-bond acceptors (Lipinski definition) is 0. The van der Waals surface area contributed by atoms with E-state index in [1.165, 1.54) is 15.9 Å². The van der Waals surface area contributed by atoms with Gasteiger partial charge in [0.25, 0.3) is 0 Å². The van der Waals surface area contributed by atoms with E-state index in [-0.39, 0.29) is 47.1 Å².